The van der Waals surface area contributed by atoms with Crippen LogP contribution in [0, 0.1) is 0 Å². The Morgan fingerprint density at radius 1 is 0.676 bits per heavy atom. The Morgan fingerprint density at radius 3 is 1.62 bits per heavy atom. The van der Waals surface area contributed by atoms with Gasteiger partial charge in [0.25, 0.3) is 23.6 Å². The van der Waals surface area contributed by atoms with Crippen molar-refractivity contribution in [3.8, 4) is 0 Å². The van der Waals surface area contributed by atoms with Crippen LogP contribution in [0.5, 0.6) is 0 Å². The van der Waals surface area contributed by atoms with Gasteiger partial charge in [0.05, 0.1) is 22.3 Å². The van der Waals surface area contributed by atoms with Crippen molar-refractivity contribution < 1.29 is 45.5 Å². The second kappa shape index (κ2) is 7.15. The van der Waals surface area contributed by atoms with Crippen LogP contribution in [0.4, 0.5) is 26.3 Å². The minimum Gasteiger partial charge on any atom is -0.288 e. The highest BCUT2D eigenvalue weighted by Crippen LogP contribution is 2.56. The van der Waals surface area contributed by atoms with Gasteiger partial charge in [0.1, 0.15) is 0 Å². The van der Waals surface area contributed by atoms with Gasteiger partial charge in [0.2, 0.25) is 5.41 Å². The van der Waals surface area contributed by atoms with Gasteiger partial charge in [-0.2, -0.15) is 26.3 Å². The van der Waals surface area contributed by atoms with E-state index in [9.17, 15) is 45.5 Å². The summed E-state index contributed by atoms with van der Waals surface area (Å²) in [7, 11) is 0. The maximum Gasteiger partial charge on any atom is 0.411 e. The highest BCUT2D eigenvalue weighted by Gasteiger charge is 2.73. The van der Waals surface area contributed by atoms with Crippen LogP contribution in [0.2, 0.25) is 0 Å². The third-order valence-corrected chi connectivity index (χ3v) is 5.89. The molecule has 0 aliphatic carbocycles. The van der Waals surface area contributed by atoms with Crippen molar-refractivity contribution in [2.45, 2.75) is 37.7 Å². The van der Waals surface area contributed by atoms with Crippen molar-refractivity contribution in [3.63, 3.8) is 0 Å². The van der Waals surface area contributed by atoms with Crippen molar-refractivity contribution in [2.75, 3.05) is 0 Å². The maximum atomic E-state index is 14.4. The predicted octanol–water partition coefficient (Wildman–Crippen LogP) is 3.99. The number of carbonyl (C=O) groups is 4. The number of hydrogen-bond acceptors (Lipinski definition) is 4. The molecule has 0 bridgehead atoms. The van der Waals surface area contributed by atoms with Crippen molar-refractivity contribution >= 4 is 23.6 Å². The highest BCUT2D eigenvalue weighted by atomic mass is 19.4. The second-order valence-electron chi connectivity index (χ2n) is 8.12. The summed E-state index contributed by atoms with van der Waals surface area (Å²) in [6.07, 6.45) is -12.0. The molecule has 34 heavy (non-hydrogen) atoms. The summed E-state index contributed by atoms with van der Waals surface area (Å²) in [5.41, 5.74) is -9.31. The highest BCUT2D eigenvalue weighted by molar-refractivity contribution is 6.22. The summed E-state index contributed by atoms with van der Waals surface area (Å²) in [5, 5.41) is 1.81. The number of nitrogens with one attached hydrogen (secondary N) is 1. The second-order valence-corrected chi connectivity index (χ2v) is 8.12. The minimum atomic E-state index is -5.99. The molecule has 1 N–H and O–H groups in total. The van der Waals surface area contributed by atoms with Gasteiger partial charge in [-0.3, -0.25) is 29.4 Å². The lowest BCUT2D eigenvalue weighted by Gasteiger charge is -2.38. The number of carbonyl (C=O) groups excluding carboxylic acids is 4. The third kappa shape index (κ3) is 2.97. The number of alkyl halides is 6. The number of amides is 4. The lowest BCUT2D eigenvalue weighted by Crippen LogP contribution is -2.55. The Bertz CT molecular complexity index is 1270. The average molecular weight is 484 g/mol. The SMILES string of the molecule is CC(C)N1C(=O)c2ccc(C(c3ccc4c(c3)C(=O)NC4=O)(C(F)(F)F)C(F)(F)F)cc2C1=O. The smallest absolute Gasteiger partial charge is 0.288 e. The van der Waals surface area contributed by atoms with E-state index in [1.807, 2.05) is 5.32 Å². The zero-order valence-corrected chi connectivity index (χ0v) is 17.4. The molecule has 2 aromatic carbocycles. The van der Waals surface area contributed by atoms with E-state index in [0.717, 1.165) is 11.0 Å². The summed E-state index contributed by atoms with van der Waals surface area (Å²) >= 11 is 0. The van der Waals surface area contributed by atoms with Gasteiger partial charge in [-0.05, 0) is 49.2 Å². The van der Waals surface area contributed by atoms with Crippen molar-refractivity contribution in [1.82, 2.24) is 10.2 Å². The first-order valence-corrected chi connectivity index (χ1v) is 9.79. The molecule has 0 saturated carbocycles. The molecule has 2 aromatic rings. The summed E-state index contributed by atoms with van der Waals surface area (Å²) in [6.45, 7) is 2.93. The van der Waals surface area contributed by atoms with Crippen LogP contribution in [0.25, 0.3) is 0 Å². The van der Waals surface area contributed by atoms with E-state index in [1.165, 1.54) is 13.8 Å². The standard InChI is InChI=1S/C22H14F6N2O4/c1-9(2)30-18(33)13-6-4-11(8-15(13)19(30)34)20(21(23,24)25,22(26,27)28)10-3-5-12-14(7-10)17(32)29-16(12)31/h3-9H,1-2H3,(H,29,31,32). The fraction of sp³-hybridized carbons (Fsp3) is 0.273. The monoisotopic (exact) mass is 484 g/mol. The van der Waals surface area contributed by atoms with Crippen LogP contribution < -0.4 is 5.32 Å². The molecule has 4 amide bonds. The molecular weight excluding hydrogens is 470 g/mol. The number of benzene rings is 2. The van der Waals surface area contributed by atoms with Crippen LogP contribution in [-0.2, 0) is 5.41 Å². The fourth-order valence-electron chi connectivity index (χ4n) is 4.34. The topological polar surface area (TPSA) is 83.6 Å². The molecule has 12 heteroatoms. The van der Waals surface area contributed by atoms with Crippen LogP contribution in [0.15, 0.2) is 36.4 Å². The Kier molecular flexibility index (Phi) is 4.93. The van der Waals surface area contributed by atoms with Gasteiger partial charge in [0, 0.05) is 6.04 Å². The van der Waals surface area contributed by atoms with Crippen LogP contribution in [0.1, 0.15) is 66.4 Å². The van der Waals surface area contributed by atoms with Crippen LogP contribution in [-0.4, -0.2) is 46.9 Å². The average Bonchev–Trinajstić information content (AvgIpc) is 3.12. The molecule has 2 aliphatic rings. The molecule has 2 aliphatic heterocycles. The fourth-order valence-corrected chi connectivity index (χ4v) is 4.34. The molecule has 178 valence electrons. The molecule has 4 rings (SSSR count). The van der Waals surface area contributed by atoms with E-state index in [0.29, 0.717) is 30.3 Å². The van der Waals surface area contributed by atoms with Gasteiger partial charge in [-0.25, -0.2) is 0 Å². The normalized spacial score (nSPS) is 16.3. The van der Waals surface area contributed by atoms with E-state index in [2.05, 4.69) is 0 Å². The molecule has 0 saturated heterocycles. The van der Waals surface area contributed by atoms with Gasteiger partial charge in [0.15, 0.2) is 0 Å². The van der Waals surface area contributed by atoms with Crippen LogP contribution in [0.3, 0.4) is 0 Å². The number of nitrogens with zero attached hydrogens (tertiary/aromatic N) is 1. The van der Waals surface area contributed by atoms with Gasteiger partial charge in [-0.1, -0.05) is 12.1 Å². The molecule has 0 spiro atoms. The van der Waals surface area contributed by atoms with Gasteiger partial charge in [-0.15, -0.1) is 0 Å². The number of halogens is 6. The zero-order valence-electron chi connectivity index (χ0n) is 17.4. The summed E-state index contributed by atoms with van der Waals surface area (Å²) in [6, 6.07) is 2.53. The molecule has 2 heterocycles. The summed E-state index contributed by atoms with van der Waals surface area (Å²) in [4.78, 5) is 49.5. The molecule has 0 unspecified atom stereocenters. The number of rotatable bonds is 3. The lowest BCUT2D eigenvalue weighted by atomic mass is 9.71. The van der Waals surface area contributed by atoms with Crippen molar-refractivity contribution in [1.29, 1.82) is 0 Å². The predicted molar refractivity (Wildman–Crippen MR) is 103 cm³/mol. The van der Waals surface area contributed by atoms with Crippen molar-refractivity contribution in [3.05, 3.63) is 69.8 Å². The molecule has 6 nitrogen and oxygen atoms in total. The largest absolute Gasteiger partial charge is 0.411 e. The molecular formula is C22H14F6N2O4. The number of imide groups is 2. The van der Waals surface area contributed by atoms with Crippen molar-refractivity contribution in [2.24, 2.45) is 0 Å². The summed E-state index contributed by atoms with van der Waals surface area (Å²) < 4.78 is 86.7. The third-order valence-electron chi connectivity index (χ3n) is 5.89. The number of fused-ring (bicyclic) bond motifs is 2. The summed E-state index contributed by atoms with van der Waals surface area (Å²) in [5.74, 6) is -3.94. The Labute approximate surface area is 187 Å². The minimum absolute atomic E-state index is 0.320. The van der Waals surface area contributed by atoms with Crippen LogP contribution >= 0.6 is 0 Å². The molecule has 0 atom stereocenters. The first-order valence-electron chi connectivity index (χ1n) is 9.79. The first kappa shape index (κ1) is 23.5. The number of hydrogen-bond donors (Lipinski definition) is 1. The Balaban J connectivity index is 2.03. The lowest BCUT2D eigenvalue weighted by molar-refractivity contribution is -0.288. The van der Waals surface area contributed by atoms with E-state index >= 15 is 0 Å². The quantitative estimate of drug-likeness (QED) is 0.528. The molecule has 0 fully saturated rings. The van der Waals surface area contributed by atoms with E-state index in [4.69, 9.17) is 0 Å². The molecule has 0 aromatic heterocycles. The van der Waals surface area contributed by atoms with E-state index in [-0.39, 0.29) is 11.1 Å². The maximum absolute atomic E-state index is 14.4. The van der Waals surface area contributed by atoms with E-state index < -0.39 is 69.7 Å². The van der Waals surface area contributed by atoms with Gasteiger partial charge < -0.3 is 0 Å². The zero-order chi connectivity index (χ0) is 25.4. The Morgan fingerprint density at radius 2 is 1.12 bits per heavy atom. The molecule has 0 radical (unpaired) electrons. The Hall–Kier alpha value is -3.70. The van der Waals surface area contributed by atoms with E-state index in [1.54, 1.807) is 0 Å². The first-order chi connectivity index (χ1) is 15.6. The van der Waals surface area contributed by atoms with Gasteiger partial charge >= 0.3 is 12.4 Å².